The van der Waals surface area contributed by atoms with Gasteiger partial charge in [-0.3, -0.25) is 0 Å². The second kappa shape index (κ2) is 11.5. The number of aromatic nitrogens is 1. The van der Waals surface area contributed by atoms with Crippen molar-refractivity contribution in [3.63, 3.8) is 0 Å². The molecule has 0 radical (unpaired) electrons. The van der Waals surface area contributed by atoms with E-state index in [1.165, 1.54) is 12.1 Å². The monoisotopic (exact) mass is 448 g/mol. The van der Waals surface area contributed by atoms with E-state index in [9.17, 15) is 0 Å². The third-order valence-corrected chi connectivity index (χ3v) is 6.33. The van der Waals surface area contributed by atoms with Gasteiger partial charge in [0.1, 0.15) is 12.4 Å². The molecule has 0 spiro atoms. The third kappa shape index (κ3) is 6.04. The van der Waals surface area contributed by atoms with Gasteiger partial charge in [0, 0.05) is 42.4 Å². The fourth-order valence-corrected chi connectivity index (χ4v) is 4.26. The zero-order chi connectivity index (χ0) is 23.0. The van der Waals surface area contributed by atoms with Crippen LogP contribution in [-0.2, 0) is 9.47 Å². The lowest BCUT2D eigenvalue weighted by Gasteiger charge is -2.27. The van der Waals surface area contributed by atoms with Crippen molar-refractivity contribution in [3.8, 4) is 17.0 Å². The Balaban J connectivity index is 1.44. The van der Waals surface area contributed by atoms with Crippen LogP contribution in [0.5, 0.6) is 5.75 Å². The number of benzene rings is 2. The summed E-state index contributed by atoms with van der Waals surface area (Å²) in [5.41, 5.74) is 4.26. The van der Waals surface area contributed by atoms with Crippen molar-refractivity contribution in [3.05, 3.63) is 54.6 Å². The quantitative estimate of drug-likeness (QED) is 0.357. The Labute approximate surface area is 197 Å². The Bertz CT molecular complexity index is 1010. The number of hydrogen-bond donors (Lipinski definition) is 0. The molecule has 5 nitrogen and oxygen atoms in total. The van der Waals surface area contributed by atoms with E-state index < -0.39 is 0 Å². The van der Waals surface area contributed by atoms with Crippen molar-refractivity contribution in [1.82, 2.24) is 4.98 Å². The molecule has 5 heteroatoms. The topological polar surface area (TPSA) is 43.8 Å². The van der Waals surface area contributed by atoms with Crippen LogP contribution < -0.4 is 9.64 Å². The Morgan fingerprint density at radius 2 is 1.79 bits per heavy atom. The summed E-state index contributed by atoms with van der Waals surface area (Å²) < 4.78 is 17.9. The van der Waals surface area contributed by atoms with Crippen LogP contribution in [0.15, 0.2) is 54.6 Å². The first kappa shape index (κ1) is 23.5. The van der Waals surface area contributed by atoms with E-state index in [1.807, 2.05) is 12.1 Å². The molecule has 33 heavy (non-hydrogen) atoms. The highest BCUT2D eigenvalue weighted by molar-refractivity contribution is 5.83. The lowest BCUT2D eigenvalue weighted by Crippen LogP contribution is -2.31. The summed E-state index contributed by atoms with van der Waals surface area (Å²) in [6.45, 7) is 9.79. The highest BCUT2D eigenvalue weighted by Gasteiger charge is 2.19. The predicted molar refractivity (Wildman–Crippen MR) is 135 cm³/mol. The molecule has 0 saturated carbocycles. The Kier molecular flexibility index (Phi) is 8.19. The van der Waals surface area contributed by atoms with Crippen LogP contribution in [0.3, 0.4) is 0 Å². The Morgan fingerprint density at radius 3 is 2.48 bits per heavy atom. The normalized spacial score (nSPS) is 17.1. The van der Waals surface area contributed by atoms with Gasteiger partial charge in [0.2, 0.25) is 0 Å². The highest BCUT2D eigenvalue weighted by atomic mass is 16.7. The summed E-state index contributed by atoms with van der Waals surface area (Å²) in [5.74, 6) is 0.815. The zero-order valence-corrected chi connectivity index (χ0v) is 20.1. The SMILES string of the molecule is CCC(COc1ccc2ccc(-c3ccc(N(CC)CC)cc3)nc2c1)OC1CCCCO1. The minimum atomic E-state index is -0.0961. The molecule has 1 saturated heterocycles. The summed E-state index contributed by atoms with van der Waals surface area (Å²) in [6.07, 6.45) is 4.07. The number of nitrogens with zero attached hydrogens (tertiary/aromatic N) is 2. The van der Waals surface area contributed by atoms with Crippen molar-refractivity contribution in [2.45, 2.75) is 58.8 Å². The maximum Gasteiger partial charge on any atom is 0.158 e. The molecule has 2 heterocycles. The number of ether oxygens (including phenoxy) is 3. The lowest BCUT2D eigenvalue weighted by molar-refractivity contribution is -0.193. The molecular formula is C28H36N2O3. The molecule has 0 aliphatic carbocycles. The van der Waals surface area contributed by atoms with Crippen molar-refractivity contribution < 1.29 is 14.2 Å². The average molecular weight is 449 g/mol. The van der Waals surface area contributed by atoms with Crippen molar-refractivity contribution in [2.24, 2.45) is 0 Å². The molecular weight excluding hydrogens is 412 g/mol. The molecule has 3 aromatic rings. The number of anilines is 1. The maximum atomic E-state index is 6.10. The van der Waals surface area contributed by atoms with Crippen LogP contribution in [0.4, 0.5) is 5.69 Å². The van der Waals surface area contributed by atoms with Gasteiger partial charge in [-0.25, -0.2) is 4.98 Å². The zero-order valence-electron chi connectivity index (χ0n) is 20.1. The molecule has 0 bridgehead atoms. The number of fused-ring (bicyclic) bond motifs is 1. The van der Waals surface area contributed by atoms with E-state index in [0.29, 0.717) is 6.61 Å². The van der Waals surface area contributed by atoms with Gasteiger partial charge >= 0.3 is 0 Å². The number of hydrogen-bond acceptors (Lipinski definition) is 5. The lowest BCUT2D eigenvalue weighted by atomic mass is 10.1. The van der Waals surface area contributed by atoms with Gasteiger partial charge in [-0.15, -0.1) is 0 Å². The molecule has 0 N–H and O–H groups in total. The smallest absolute Gasteiger partial charge is 0.158 e. The first-order chi connectivity index (χ1) is 16.2. The van der Waals surface area contributed by atoms with Crippen LogP contribution >= 0.6 is 0 Å². The first-order valence-corrected chi connectivity index (χ1v) is 12.4. The predicted octanol–water partition coefficient (Wildman–Crippen LogP) is 6.45. The molecule has 2 aromatic carbocycles. The van der Waals surface area contributed by atoms with Crippen LogP contribution in [0, 0.1) is 0 Å². The summed E-state index contributed by atoms with van der Waals surface area (Å²) in [5, 5.41) is 1.10. The second-order valence-electron chi connectivity index (χ2n) is 8.54. The van der Waals surface area contributed by atoms with Crippen LogP contribution in [0.25, 0.3) is 22.2 Å². The Morgan fingerprint density at radius 1 is 1.00 bits per heavy atom. The van der Waals surface area contributed by atoms with Crippen LogP contribution in [0.2, 0.25) is 0 Å². The van der Waals surface area contributed by atoms with Gasteiger partial charge in [-0.1, -0.05) is 25.1 Å². The fourth-order valence-electron chi connectivity index (χ4n) is 4.26. The van der Waals surface area contributed by atoms with E-state index in [-0.39, 0.29) is 12.4 Å². The average Bonchev–Trinajstić information content (AvgIpc) is 2.88. The van der Waals surface area contributed by atoms with Gasteiger partial charge in [0.15, 0.2) is 6.29 Å². The summed E-state index contributed by atoms with van der Waals surface area (Å²) in [4.78, 5) is 7.26. The van der Waals surface area contributed by atoms with E-state index in [4.69, 9.17) is 19.2 Å². The molecule has 0 amide bonds. The van der Waals surface area contributed by atoms with E-state index in [0.717, 1.165) is 66.9 Å². The standard InChI is InChI=1S/C28H36N2O3/c1-4-24(33-28-9-7-8-18-31-28)20-32-25-16-12-22-13-17-26(29-27(22)19-25)21-10-14-23(15-11-21)30(5-2)6-3/h10-17,19,24,28H,4-9,18,20H2,1-3H3. The molecule has 2 unspecified atom stereocenters. The largest absolute Gasteiger partial charge is 0.491 e. The van der Waals surface area contributed by atoms with Gasteiger partial charge < -0.3 is 19.1 Å². The summed E-state index contributed by atoms with van der Waals surface area (Å²) in [6, 6.07) is 19.0. The van der Waals surface area contributed by atoms with Gasteiger partial charge in [0.05, 0.1) is 17.3 Å². The number of pyridine rings is 1. The number of rotatable bonds is 10. The summed E-state index contributed by atoms with van der Waals surface area (Å²) >= 11 is 0. The minimum absolute atomic E-state index is 0.0208. The first-order valence-electron chi connectivity index (χ1n) is 12.4. The molecule has 4 rings (SSSR count). The fraction of sp³-hybridized carbons (Fsp3) is 0.464. The molecule has 176 valence electrons. The van der Waals surface area contributed by atoms with Crippen LogP contribution in [-0.4, -0.2) is 43.7 Å². The molecule has 2 atom stereocenters. The highest BCUT2D eigenvalue weighted by Crippen LogP contribution is 2.26. The van der Waals surface area contributed by atoms with Crippen molar-refractivity contribution in [2.75, 3.05) is 31.2 Å². The van der Waals surface area contributed by atoms with Gasteiger partial charge in [-0.2, -0.15) is 0 Å². The van der Waals surface area contributed by atoms with Gasteiger partial charge in [-0.05, 0) is 69.9 Å². The molecule has 1 aliphatic rings. The Hall–Kier alpha value is -2.63. The van der Waals surface area contributed by atoms with Crippen molar-refractivity contribution in [1.29, 1.82) is 0 Å². The maximum absolute atomic E-state index is 6.10. The third-order valence-electron chi connectivity index (χ3n) is 6.33. The van der Waals surface area contributed by atoms with E-state index in [1.54, 1.807) is 0 Å². The molecule has 1 aliphatic heterocycles. The molecule has 1 fully saturated rings. The van der Waals surface area contributed by atoms with E-state index in [2.05, 4.69) is 68.1 Å². The molecule has 1 aromatic heterocycles. The van der Waals surface area contributed by atoms with Gasteiger partial charge in [0.25, 0.3) is 0 Å². The summed E-state index contributed by atoms with van der Waals surface area (Å²) in [7, 11) is 0. The van der Waals surface area contributed by atoms with Crippen LogP contribution in [0.1, 0.15) is 46.5 Å². The second-order valence-corrected chi connectivity index (χ2v) is 8.54. The minimum Gasteiger partial charge on any atom is -0.491 e. The van der Waals surface area contributed by atoms with E-state index >= 15 is 0 Å². The van der Waals surface area contributed by atoms with Crippen molar-refractivity contribution >= 4 is 16.6 Å².